The number of methoxy groups -OCH3 is 1. The number of ether oxygens (including phenoxy) is 1. The van der Waals surface area contributed by atoms with Gasteiger partial charge in [0.05, 0.1) is 7.11 Å². The minimum atomic E-state index is 0.298. The number of hydrogen-bond donors (Lipinski definition) is 1. The Balaban J connectivity index is 1.26. The molecule has 0 radical (unpaired) electrons. The summed E-state index contributed by atoms with van der Waals surface area (Å²) in [5.74, 6) is 1.69. The average Bonchev–Trinajstić information content (AvgIpc) is 2.72. The van der Waals surface area contributed by atoms with E-state index in [0.29, 0.717) is 17.5 Å². The van der Waals surface area contributed by atoms with E-state index < -0.39 is 0 Å². The van der Waals surface area contributed by atoms with Crippen LogP contribution in [0.1, 0.15) is 53.9 Å². The topological polar surface area (TPSA) is 38.3 Å². The van der Waals surface area contributed by atoms with Crippen LogP contribution in [0.15, 0.2) is 41.3 Å². The van der Waals surface area contributed by atoms with Crippen LogP contribution in [0.5, 0.6) is 5.75 Å². The van der Waals surface area contributed by atoms with Crippen LogP contribution in [0.2, 0.25) is 0 Å². The lowest BCUT2D eigenvalue weighted by atomic mass is 9.80. The fourth-order valence-electron chi connectivity index (χ4n) is 4.50. The smallest absolute Gasteiger partial charge is 0.194 e. The van der Waals surface area contributed by atoms with Gasteiger partial charge in [0.15, 0.2) is 5.12 Å². The maximum Gasteiger partial charge on any atom is 0.194 e. The Kier molecular flexibility index (Phi) is 6.38. The summed E-state index contributed by atoms with van der Waals surface area (Å²) in [5, 5.41) is 3.92. The van der Waals surface area contributed by atoms with Gasteiger partial charge in [0, 0.05) is 11.3 Å². The first-order valence-electron chi connectivity index (χ1n) is 10.4. The Morgan fingerprint density at radius 1 is 1.14 bits per heavy atom. The molecule has 2 aliphatic rings. The van der Waals surface area contributed by atoms with E-state index in [1.165, 1.54) is 58.2 Å². The van der Waals surface area contributed by atoms with E-state index >= 15 is 0 Å². The summed E-state index contributed by atoms with van der Waals surface area (Å²) >= 11 is 1.42. The highest BCUT2D eigenvalue weighted by molar-refractivity contribution is 8.13. The number of hydrogen-bond acceptors (Lipinski definition) is 4. The molecule has 1 aliphatic heterocycles. The molecule has 0 saturated heterocycles. The summed E-state index contributed by atoms with van der Waals surface area (Å²) in [6.45, 7) is 2.02. The van der Waals surface area contributed by atoms with Crippen molar-refractivity contribution in [1.82, 2.24) is 5.32 Å². The summed E-state index contributed by atoms with van der Waals surface area (Å²) in [6.07, 6.45) is 7.43. The van der Waals surface area contributed by atoms with Gasteiger partial charge in [0.2, 0.25) is 0 Å². The normalized spacial score (nSPS) is 18.5. The highest BCUT2D eigenvalue weighted by Crippen LogP contribution is 2.38. The van der Waals surface area contributed by atoms with Gasteiger partial charge in [-0.2, -0.15) is 0 Å². The van der Waals surface area contributed by atoms with Crippen LogP contribution < -0.4 is 10.1 Å². The van der Waals surface area contributed by atoms with Gasteiger partial charge >= 0.3 is 0 Å². The molecule has 3 nitrogen and oxygen atoms in total. The van der Waals surface area contributed by atoms with Crippen LogP contribution in [0.3, 0.4) is 0 Å². The molecule has 1 aliphatic carbocycles. The van der Waals surface area contributed by atoms with E-state index in [-0.39, 0.29) is 0 Å². The minimum absolute atomic E-state index is 0.298. The molecule has 4 heteroatoms. The molecule has 148 valence electrons. The second-order valence-corrected chi connectivity index (χ2v) is 8.92. The Labute approximate surface area is 172 Å². The second-order valence-electron chi connectivity index (χ2n) is 7.82. The van der Waals surface area contributed by atoms with Gasteiger partial charge in [-0.3, -0.25) is 4.79 Å². The molecule has 4 rings (SSSR count). The van der Waals surface area contributed by atoms with Crippen molar-refractivity contribution in [2.24, 2.45) is 0 Å². The number of aryl methyl sites for hydroxylation is 1. The highest BCUT2D eigenvalue weighted by Gasteiger charge is 2.22. The van der Waals surface area contributed by atoms with Crippen LogP contribution in [-0.2, 0) is 24.1 Å². The summed E-state index contributed by atoms with van der Waals surface area (Å²) in [5.41, 5.74) is 5.56. The zero-order valence-electron chi connectivity index (χ0n) is 16.6. The molecular formula is C24H29NO2S. The van der Waals surface area contributed by atoms with Gasteiger partial charge in [0.25, 0.3) is 0 Å². The lowest BCUT2D eigenvalue weighted by molar-refractivity contribution is -0.111. The first-order chi connectivity index (χ1) is 13.7. The summed E-state index contributed by atoms with van der Waals surface area (Å²) in [4.78, 5) is 12.8. The predicted molar refractivity (Wildman–Crippen MR) is 115 cm³/mol. The molecule has 0 spiro atoms. The molecule has 0 aromatic heterocycles. The number of carbonyl (C=O) groups excluding carboxylic acids is 1. The Bertz CT molecular complexity index is 848. The van der Waals surface area contributed by atoms with Crippen molar-refractivity contribution < 1.29 is 9.53 Å². The fourth-order valence-corrected chi connectivity index (χ4v) is 5.47. The highest BCUT2D eigenvalue weighted by atomic mass is 32.2. The lowest BCUT2D eigenvalue weighted by Gasteiger charge is -2.27. The average molecular weight is 396 g/mol. The Morgan fingerprint density at radius 2 is 2.07 bits per heavy atom. The molecule has 28 heavy (non-hydrogen) atoms. The number of rotatable bonds is 7. The fraction of sp³-hybridized carbons (Fsp3) is 0.458. The van der Waals surface area contributed by atoms with E-state index in [0.717, 1.165) is 38.1 Å². The molecule has 0 fully saturated rings. The monoisotopic (exact) mass is 395 g/mol. The van der Waals surface area contributed by atoms with Gasteiger partial charge in [-0.1, -0.05) is 36.0 Å². The van der Waals surface area contributed by atoms with Gasteiger partial charge in [-0.15, -0.1) is 0 Å². The van der Waals surface area contributed by atoms with Crippen molar-refractivity contribution in [2.75, 3.05) is 20.2 Å². The van der Waals surface area contributed by atoms with Gasteiger partial charge in [-0.25, -0.2) is 0 Å². The lowest BCUT2D eigenvalue weighted by Crippen LogP contribution is -2.22. The van der Waals surface area contributed by atoms with Crippen LogP contribution >= 0.6 is 11.8 Å². The number of fused-ring (bicyclic) bond motifs is 2. The van der Waals surface area contributed by atoms with Crippen molar-refractivity contribution in [3.8, 4) is 5.75 Å². The first kappa shape index (κ1) is 19.5. The van der Waals surface area contributed by atoms with Crippen molar-refractivity contribution >= 4 is 16.9 Å². The zero-order valence-corrected chi connectivity index (χ0v) is 17.4. The van der Waals surface area contributed by atoms with E-state index in [4.69, 9.17) is 4.74 Å². The molecule has 1 unspecified atom stereocenters. The van der Waals surface area contributed by atoms with Crippen molar-refractivity contribution in [3.05, 3.63) is 58.7 Å². The number of carbonyl (C=O) groups is 1. The molecule has 1 N–H and O–H groups in total. The minimum Gasteiger partial charge on any atom is -0.496 e. The van der Waals surface area contributed by atoms with Gasteiger partial charge in [-0.05, 0) is 91.9 Å². The zero-order chi connectivity index (χ0) is 19.3. The van der Waals surface area contributed by atoms with Crippen molar-refractivity contribution in [1.29, 1.82) is 0 Å². The number of nitrogens with one attached hydrogen (secondary N) is 1. The predicted octanol–water partition coefficient (Wildman–Crippen LogP) is 4.90. The molecule has 0 bridgehead atoms. The molecule has 2 aromatic rings. The first-order valence-corrected chi connectivity index (χ1v) is 11.2. The van der Waals surface area contributed by atoms with Gasteiger partial charge < -0.3 is 10.1 Å². The number of benzene rings is 2. The van der Waals surface area contributed by atoms with Crippen LogP contribution in [-0.4, -0.2) is 25.3 Å². The van der Waals surface area contributed by atoms with Crippen molar-refractivity contribution in [2.45, 2.75) is 55.8 Å². The Hall–Kier alpha value is -1.78. The second kappa shape index (κ2) is 9.15. The van der Waals surface area contributed by atoms with E-state index in [9.17, 15) is 4.79 Å². The summed E-state index contributed by atoms with van der Waals surface area (Å²) in [6, 6.07) is 13.1. The van der Waals surface area contributed by atoms with Gasteiger partial charge in [0.1, 0.15) is 5.75 Å². The van der Waals surface area contributed by atoms with E-state index in [1.54, 1.807) is 7.11 Å². The third-order valence-corrected chi connectivity index (χ3v) is 7.05. The third kappa shape index (κ3) is 4.44. The van der Waals surface area contributed by atoms with Crippen LogP contribution in [0, 0.1) is 0 Å². The van der Waals surface area contributed by atoms with Crippen molar-refractivity contribution in [3.63, 3.8) is 0 Å². The maximum absolute atomic E-state index is 11.7. The van der Waals surface area contributed by atoms with E-state index in [1.807, 2.05) is 0 Å². The molecule has 1 atom stereocenters. The molecular weight excluding hydrogens is 366 g/mol. The SMILES string of the molecule is COc1cccc2c1CCCC2CCNCCc1ccc2c(c1)SC(=O)CC2. The summed E-state index contributed by atoms with van der Waals surface area (Å²) < 4.78 is 5.56. The van der Waals surface area contributed by atoms with E-state index in [2.05, 4.69) is 41.7 Å². The largest absolute Gasteiger partial charge is 0.496 e. The Morgan fingerprint density at radius 3 is 2.96 bits per heavy atom. The standard InChI is InChI=1S/C24H29NO2S/c1-27-22-7-3-5-20-18(4-2-6-21(20)22)13-15-25-14-12-17-8-9-19-10-11-24(26)28-23(19)16-17/h3,5,7-9,16,18,25H,2,4,6,10-15H2,1H3. The quantitative estimate of drug-likeness (QED) is 0.677. The van der Waals surface area contributed by atoms with Crippen LogP contribution in [0.25, 0.3) is 0 Å². The number of thioether (sulfide) groups is 1. The third-order valence-electron chi connectivity index (χ3n) is 6.02. The summed E-state index contributed by atoms with van der Waals surface area (Å²) in [7, 11) is 1.77. The molecule has 0 amide bonds. The van der Waals surface area contributed by atoms with Crippen LogP contribution in [0.4, 0.5) is 0 Å². The molecule has 1 heterocycles. The maximum atomic E-state index is 11.7. The molecule has 2 aromatic carbocycles. The molecule has 0 saturated carbocycles.